The number of hydrogen-bond acceptors (Lipinski definition) is 6. The number of hydrogen-bond donors (Lipinski definition) is 1. The van der Waals surface area contributed by atoms with Crippen LogP contribution in [0.5, 0.6) is 5.75 Å². The fourth-order valence-electron chi connectivity index (χ4n) is 3.97. The van der Waals surface area contributed by atoms with E-state index in [1.54, 1.807) is 0 Å². The van der Waals surface area contributed by atoms with E-state index < -0.39 is 0 Å². The van der Waals surface area contributed by atoms with Gasteiger partial charge < -0.3 is 18.9 Å². The van der Waals surface area contributed by atoms with E-state index in [0.717, 1.165) is 61.7 Å². The van der Waals surface area contributed by atoms with Crippen molar-refractivity contribution in [3.8, 4) is 17.6 Å². The monoisotopic (exact) mass is 434 g/mol. The molecule has 1 aromatic carbocycles. The lowest BCUT2D eigenvalue weighted by molar-refractivity contribution is 0.0167. The number of benzene rings is 1. The van der Waals surface area contributed by atoms with Crippen LogP contribution in [-0.2, 0) is 6.42 Å². The van der Waals surface area contributed by atoms with Gasteiger partial charge in [0.2, 0.25) is 5.76 Å². The summed E-state index contributed by atoms with van der Waals surface area (Å²) in [6.07, 6.45) is 6.62. The van der Waals surface area contributed by atoms with Crippen LogP contribution in [0.4, 0.5) is 0 Å². The third-order valence-corrected chi connectivity index (χ3v) is 5.70. The zero-order chi connectivity index (χ0) is 22.3. The molecular formula is C25H30N4O3. The van der Waals surface area contributed by atoms with E-state index in [1.165, 1.54) is 0 Å². The van der Waals surface area contributed by atoms with Crippen molar-refractivity contribution in [2.24, 2.45) is 0 Å². The van der Waals surface area contributed by atoms with Gasteiger partial charge in [-0.15, -0.1) is 0 Å². The molecule has 0 bridgehead atoms. The Labute approximate surface area is 189 Å². The predicted molar refractivity (Wildman–Crippen MR) is 122 cm³/mol. The number of imidazole rings is 1. The summed E-state index contributed by atoms with van der Waals surface area (Å²) in [7, 11) is 0. The molecule has 1 fully saturated rings. The Morgan fingerprint density at radius 3 is 2.75 bits per heavy atom. The van der Waals surface area contributed by atoms with Gasteiger partial charge in [0.25, 0.3) is 0 Å². The van der Waals surface area contributed by atoms with Crippen LogP contribution in [0.25, 0.3) is 0 Å². The molecule has 1 atom stereocenters. The second kappa shape index (κ2) is 10.5. The first-order chi connectivity index (χ1) is 15.7. The number of aliphatic hydroxyl groups is 1. The molecule has 7 heteroatoms. The first-order valence-electron chi connectivity index (χ1n) is 11.3. The predicted octanol–water partition coefficient (Wildman–Crippen LogP) is 3.28. The molecular weight excluding hydrogens is 404 g/mol. The molecule has 1 aliphatic heterocycles. The molecule has 168 valence electrons. The molecule has 1 N–H and O–H groups in total. The van der Waals surface area contributed by atoms with Crippen molar-refractivity contribution in [3.05, 3.63) is 65.6 Å². The molecule has 0 saturated carbocycles. The number of ether oxygens (including phenoxy) is 1. The highest BCUT2D eigenvalue weighted by Gasteiger charge is 2.27. The summed E-state index contributed by atoms with van der Waals surface area (Å²) in [5.41, 5.74) is 1.75. The third-order valence-electron chi connectivity index (χ3n) is 5.70. The van der Waals surface area contributed by atoms with E-state index in [4.69, 9.17) is 14.4 Å². The Morgan fingerprint density at radius 1 is 1.22 bits per heavy atom. The first kappa shape index (κ1) is 22.1. The SMILES string of the molecule is CCc1nccn1C(CC)c1cc(C#Cc2ccc(OC3CN(CCCO)C3)cc2)on1. The lowest BCUT2D eigenvalue weighted by atomic mass is 10.1. The molecule has 1 unspecified atom stereocenters. The molecule has 7 nitrogen and oxygen atoms in total. The van der Waals surface area contributed by atoms with Crippen molar-refractivity contribution < 1.29 is 14.4 Å². The van der Waals surface area contributed by atoms with Crippen LogP contribution in [-0.4, -0.2) is 57.1 Å². The van der Waals surface area contributed by atoms with Crippen LogP contribution < -0.4 is 4.74 Å². The Bertz CT molecular complexity index is 1050. The van der Waals surface area contributed by atoms with E-state index >= 15 is 0 Å². The molecule has 2 aromatic heterocycles. The van der Waals surface area contributed by atoms with Gasteiger partial charge in [-0.3, -0.25) is 4.90 Å². The minimum absolute atomic E-state index is 0.0919. The zero-order valence-electron chi connectivity index (χ0n) is 18.7. The number of nitrogens with zero attached hydrogens (tertiary/aromatic N) is 4. The summed E-state index contributed by atoms with van der Waals surface area (Å²) < 4.78 is 13.6. The zero-order valence-corrected chi connectivity index (χ0v) is 18.7. The highest BCUT2D eigenvalue weighted by atomic mass is 16.5. The van der Waals surface area contributed by atoms with Crippen molar-refractivity contribution in [3.63, 3.8) is 0 Å². The number of likely N-dealkylation sites (tertiary alicyclic amines) is 1. The van der Waals surface area contributed by atoms with Gasteiger partial charge in [-0.2, -0.15) is 0 Å². The highest BCUT2D eigenvalue weighted by Crippen LogP contribution is 2.23. The number of rotatable bonds is 9. The van der Waals surface area contributed by atoms with Gasteiger partial charge in [0, 0.05) is 56.7 Å². The average molecular weight is 435 g/mol. The average Bonchev–Trinajstić information content (AvgIpc) is 3.45. The van der Waals surface area contributed by atoms with Crippen LogP contribution in [0, 0.1) is 11.8 Å². The molecule has 0 amide bonds. The summed E-state index contributed by atoms with van der Waals surface area (Å²) >= 11 is 0. The van der Waals surface area contributed by atoms with Gasteiger partial charge >= 0.3 is 0 Å². The van der Waals surface area contributed by atoms with Gasteiger partial charge in [0.1, 0.15) is 23.4 Å². The summed E-state index contributed by atoms with van der Waals surface area (Å²) in [6, 6.07) is 9.81. The molecule has 4 rings (SSSR count). The first-order valence-corrected chi connectivity index (χ1v) is 11.3. The minimum atomic E-state index is 0.0919. The molecule has 1 saturated heterocycles. The topological polar surface area (TPSA) is 76.5 Å². The quantitative estimate of drug-likeness (QED) is 0.521. The fourth-order valence-corrected chi connectivity index (χ4v) is 3.97. The lowest BCUT2D eigenvalue weighted by Gasteiger charge is -2.38. The summed E-state index contributed by atoms with van der Waals surface area (Å²) in [6.45, 7) is 7.21. The summed E-state index contributed by atoms with van der Waals surface area (Å²) in [5, 5.41) is 13.1. The third kappa shape index (κ3) is 5.21. The molecule has 0 aliphatic carbocycles. The van der Waals surface area contributed by atoms with E-state index in [1.807, 2.05) is 42.7 Å². The molecule has 0 spiro atoms. The molecule has 0 radical (unpaired) electrons. The van der Waals surface area contributed by atoms with Crippen LogP contribution >= 0.6 is 0 Å². The van der Waals surface area contributed by atoms with Gasteiger partial charge in [0.15, 0.2) is 0 Å². The Kier molecular flexibility index (Phi) is 7.25. The molecule has 3 heterocycles. The van der Waals surface area contributed by atoms with Crippen molar-refractivity contribution in [1.29, 1.82) is 0 Å². The standard InChI is InChI=1S/C25H30N4O3/c1-3-24(29-14-12-26-25(29)4-2)23-16-21(32-27-23)11-8-19-6-9-20(10-7-19)31-22-17-28(18-22)13-5-15-30/h6-7,9-10,12,14,16,22,24,30H,3-5,13,15,17-18H2,1-2H3. The molecule has 32 heavy (non-hydrogen) atoms. The van der Waals surface area contributed by atoms with Crippen molar-refractivity contribution in [2.75, 3.05) is 26.2 Å². The van der Waals surface area contributed by atoms with Gasteiger partial charge in [-0.25, -0.2) is 4.98 Å². The largest absolute Gasteiger partial charge is 0.488 e. The molecule has 3 aromatic rings. The van der Waals surface area contributed by atoms with E-state index in [-0.39, 0.29) is 18.8 Å². The van der Waals surface area contributed by atoms with Crippen LogP contribution in [0.1, 0.15) is 55.6 Å². The van der Waals surface area contributed by atoms with Crippen molar-refractivity contribution >= 4 is 0 Å². The number of aromatic nitrogens is 3. The Balaban J connectivity index is 1.34. The highest BCUT2D eigenvalue weighted by molar-refractivity contribution is 5.42. The normalized spacial score (nSPS) is 15.1. The van der Waals surface area contributed by atoms with Gasteiger partial charge in [-0.1, -0.05) is 24.9 Å². The minimum Gasteiger partial charge on any atom is -0.488 e. The van der Waals surface area contributed by atoms with Crippen LogP contribution in [0.2, 0.25) is 0 Å². The van der Waals surface area contributed by atoms with Crippen molar-refractivity contribution in [1.82, 2.24) is 19.6 Å². The van der Waals surface area contributed by atoms with E-state index in [9.17, 15) is 0 Å². The fraction of sp³-hybridized carbons (Fsp3) is 0.440. The number of aryl methyl sites for hydroxylation is 1. The summed E-state index contributed by atoms with van der Waals surface area (Å²) in [4.78, 5) is 6.70. The van der Waals surface area contributed by atoms with E-state index in [0.29, 0.717) is 5.76 Å². The second-order valence-electron chi connectivity index (χ2n) is 8.00. The van der Waals surface area contributed by atoms with E-state index in [2.05, 4.69) is 45.3 Å². The Morgan fingerprint density at radius 2 is 2.03 bits per heavy atom. The molecule has 1 aliphatic rings. The maximum absolute atomic E-state index is 8.89. The second-order valence-corrected chi connectivity index (χ2v) is 8.00. The maximum Gasteiger partial charge on any atom is 0.210 e. The van der Waals surface area contributed by atoms with Gasteiger partial charge in [-0.05, 0) is 43.0 Å². The van der Waals surface area contributed by atoms with Crippen LogP contribution in [0.15, 0.2) is 47.2 Å². The lowest BCUT2D eigenvalue weighted by Crippen LogP contribution is -2.53. The van der Waals surface area contributed by atoms with Crippen molar-refractivity contribution in [2.45, 2.75) is 45.3 Å². The Hall–Kier alpha value is -3.08. The van der Waals surface area contributed by atoms with Gasteiger partial charge in [0.05, 0.1) is 6.04 Å². The number of aliphatic hydroxyl groups excluding tert-OH is 1. The van der Waals surface area contributed by atoms with Crippen LogP contribution in [0.3, 0.4) is 0 Å². The maximum atomic E-state index is 8.89. The summed E-state index contributed by atoms with van der Waals surface area (Å²) in [5.74, 6) is 8.64. The smallest absolute Gasteiger partial charge is 0.210 e.